The summed E-state index contributed by atoms with van der Waals surface area (Å²) in [5.41, 5.74) is 0.678. The third-order valence-corrected chi connectivity index (χ3v) is 4.22. The maximum Gasteiger partial charge on any atom is 0.371 e. The van der Waals surface area contributed by atoms with E-state index in [2.05, 4.69) is 5.32 Å². The van der Waals surface area contributed by atoms with Crippen LogP contribution in [0.2, 0.25) is 0 Å². The quantitative estimate of drug-likeness (QED) is 0.758. The van der Waals surface area contributed by atoms with Gasteiger partial charge in [-0.3, -0.25) is 9.59 Å². The van der Waals surface area contributed by atoms with Gasteiger partial charge >= 0.3 is 5.97 Å². The Labute approximate surface area is 137 Å². The van der Waals surface area contributed by atoms with Crippen molar-refractivity contribution in [2.24, 2.45) is 0 Å². The number of hydrogen-bond acceptors (Lipinski definition) is 5. The SMILES string of the molecule is Cc1cc(C(=O)CCC(=O)NCc2ccc(C(=O)O)o2)c(C)s1. The molecule has 2 rings (SSSR count). The second kappa shape index (κ2) is 7.23. The number of carbonyl (C=O) groups excluding carboxylic acids is 2. The first-order valence-electron chi connectivity index (χ1n) is 7.05. The number of ketones is 1. The van der Waals surface area contributed by atoms with Gasteiger partial charge in [0, 0.05) is 28.2 Å². The highest BCUT2D eigenvalue weighted by Gasteiger charge is 2.14. The molecule has 0 aliphatic rings. The van der Waals surface area contributed by atoms with Gasteiger partial charge in [-0.05, 0) is 32.0 Å². The normalized spacial score (nSPS) is 10.5. The van der Waals surface area contributed by atoms with Gasteiger partial charge in [0.05, 0.1) is 6.54 Å². The monoisotopic (exact) mass is 335 g/mol. The third kappa shape index (κ3) is 4.53. The maximum absolute atomic E-state index is 12.1. The number of aryl methyl sites for hydroxylation is 2. The highest BCUT2D eigenvalue weighted by atomic mass is 32.1. The average molecular weight is 335 g/mol. The number of carboxylic acids is 1. The molecule has 2 aromatic heterocycles. The Hall–Kier alpha value is -2.41. The van der Waals surface area contributed by atoms with Gasteiger partial charge in [-0.25, -0.2) is 4.79 Å². The van der Waals surface area contributed by atoms with E-state index in [1.807, 2.05) is 19.9 Å². The molecule has 0 radical (unpaired) electrons. The van der Waals surface area contributed by atoms with Gasteiger partial charge in [-0.1, -0.05) is 0 Å². The summed E-state index contributed by atoms with van der Waals surface area (Å²) in [5.74, 6) is -1.31. The molecule has 0 saturated carbocycles. The van der Waals surface area contributed by atoms with Crippen molar-refractivity contribution in [1.29, 1.82) is 0 Å². The summed E-state index contributed by atoms with van der Waals surface area (Å²) < 4.78 is 5.03. The Bertz CT molecular complexity index is 743. The van der Waals surface area contributed by atoms with E-state index in [4.69, 9.17) is 9.52 Å². The first-order valence-corrected chi connectivity index (χ1v) is 7.87. The van der Waals surface area contributed by atoms with Gasteiger partial charge in [-0.15, -0.1) is 11.3 Å². The smallest absolute Gasteiger partial charge is 0.371 e. The Kier molecular flexibility index (Phi) is 5.33. The van der Waals surface area contributed by atoms with E-state index in [0.29, 0.717) is 11.3 Å². The fraction of sp³-hybridized carbons (Fsp3) is 0.312. The number of nitrogens with one attached hydrogen (secondary N) is 1. The minimum absolute atomic E-state index is 0.0480. The van der Waals surface area contributed by atoms with Crippen LogP contribution in [0.4, 0.5) is 0 Å². The van der Waals surface area contributed by atoms with Crippen LogP contribution in [0.15, 0.2) is 22.6 Å². The topological polar surface area (TPSA) is 96.6 Å². The lowest BCUT2D eigenvalue weighted by Gasteiger charge is -2.03. The molecule has 2 heterocycles. The van der Waals surface area contributed by atoms with Crippen LogP contribution in [0, 0.1) is 13.8 Å². The van der Waals surface area contributed by atoms with Crippen molar-refractivity contribution < 1.29 is 23.9 Å². The first kappa shape index (κ1) is 17.0. The predicted molar refractivity (Wildman–Crippen MR) is 84.9 cm³/mol. The van der Waals surface area contributed by atoms with E-state index >= 15 is 0 Å². The summed E-state index contributed by atoms with van der Waals surface area (Å²) in [7, 11) is 0. The molecule has 0 atom stereocenters. The average Bonchev–Trinajstić information content (AvgIpc) is 3.09. The van der Waals surface area contributed by atoms with Crippen LogP contribution in [-0.2, 0) is 11.3 Å². The van der Waals surface area contributed by atoms with E-state index in [0.717, 1.165) is 9.75 Å². The van der Waals surface area contributed by atoms with Crippen molar-refractivity contribution in [2.75, 3.05) is 0 Å². The van der Waals surface area contributed by atoms with Crippen LogP contribution < -0.4 is 5.32 Å². The number of carboxylic acid groups (broad SMARTS) is 1. The third-order valence-electron chi connectivity index (χ3n) is 3.25. The fourth-order valence-electron chi connectivity index (χ4n) is 2.13. The lowest BCUT2D eigenvalue weighted by Crippen LogP contribution is -2.23. The molecule has 0 aromatic carbocycles. The summed E-state index contributed by atoms with van der Waals surface area (Å²) >= 11 is 1.56. The number of amides is 1. The molecule has 0 unspecified atom stereocenters. The van der Waals surface area contributed by atoms with Gasteiger partial charge in [0.1, 0.15) is 5.76 Å². The van der Waals surface area contributed by atoms with Gasteiger partial charge in [0.2, 0.25) is 11.7 Å². The number of rotatable bonds is 7. The molecule has 0 bridgehead atoms. The molecule has 0 spiro atoms. The van der Waals surface area contributed by atoms with Crippen LogP contribution in [0.25, 0.3) is 0 Å². The van der Waals surface area contributed by atoms with Gasteiger partial charge in [0.25, 0.3) is 0 Å². The van der Waals surface area contributed by atoms with Crippen LogP contribution >= 0.6 is 11.3 Å². The highest BCUT2D eigenvalue weighted by Crippen LogP contribution is 2.22. The van der Waals surface area contributed by atoms with Crippen molar-refractivity contribution in [3.63, 3.8) is 0 Å². The largest absolute Gasteiger partial charge is 0.475 e. The number of aromatic carboxylic acids is 1. The van der Waals surface area contributed by atoms with E-state index in [-0.39, 0.29) is 36.8 Å². The van der Waals surface area contributed by atoms with Crippen molar-refractivity contribution in [3.8, 4) is 0 Å². The maximum atomic E-state index is 12.1. The van der Waals surface area contributed by atoms with Crippen LogP contribution in [0.1, 0.15) is 49.3 Å². The van der Waals surface area contributed by atoms with Gasteiger partial charge in [0.15, 0.2) is 5.78 Å². The van der Waals surface area contributed by atoms with E-state index in [9.17, 15) is 14.4 Å². The van der Waals surface area contributed by atoms with Gasteiger partial charge in [-0.2, -0.15) is 0 Å². The molecular formula is C16H17NO5S. The number of hydrogen-bond donors (Lipinski definition) is 2. The van der Waals surface area contributed by atoms with Crippen LogP contribution in [-0.4, -0.2) is 22.8 Å². The molecule has 0 fully saturated rings. The Morgan fingerprint density at radius 2 is 1.96 bits per heavy atom. The van der Waals surface area contributed by atoms with Crippen LogP contribution in [0.5, 0.6) is 0 Å². The minimum Gasteiger partial charge on any atom is -0.475 e. The first-order chi connectivity index (χ1) is 10.9. The molecule has 2 aromatic rings. The Morgan fingerprint density at radius 1 is 1.22 bits per heavy atom. The molecule has 0 aliphatic heterocycles. The number of thiophene rings is 1. The molecule has 7 heteroatoms. The second-order valence-electron chi connectivity index (χ2n) is 5.10. The summed E-state index contributed by atoms with van der Waals surface area (Å²) in [4.78, 5) is 36.6. The van der Waals surface area contributed by atoms with Crippen molar-refractivity contribution >= 4 is 29.0 Å². The zero-order chi connectivity index (χ0) is 17.0. The molecular weight excluding hydrogens is 318 g/mol. The molecule has 6 nitrogen and oxygen atoms in total. The number of Topliss-reactive ketones (excluding diaryl/α,β-unsaturated/α-hetero) is 1. The summed E-state index contributed by atoms with van der Waals surface area (Å²) in [6.07, 6.45) is 0.223. The van der Waals surface area contributed by atoms with Crippen LogP contribution in [0.3, 0.4) is 0 Å². The molecule has 0 saturated heterocycles. The number of carbonyl (C=O) groups is 3. The van der Waals surface area contributed by atoms with Gasteiger partial charge < -0.3 is 14.8 Å². The van der Waals surface area contributed by atoms with Crippen molar-refractivity contribution in [1.82, 2.24) is 5.32 Å². The molecule has 0 aliphatic carbocycles. The zero-order valence-electron chi connectivity index (χ0n) is 12.8. The summed E-state index contributed by atoms with van der Waals surface area (Å²) in [6, 6.07) is 4.66. The van der Waals surface area contributed by atoms with Crippen molar-refractivity contribution in [3.05, 3.63) is 45.0 Å². The molecule has 2 N–H and O–H groups in total. The Balaban J connectivity index is 1.79. The van der Waals surface area contributed by atoms with E-state index in [1.165, 1.54) is 12.1 Å². The molecule has 122 valence electrons. The molecule has 1 amide bonds. The number of furan rings is 1. The lowest BCUT2D eigenvalue weighted by atomic mass is 10.1. The van der Waals surface area contributed by atoms with Crippen molar-refractivity contribution in [2.45, 2.75) is 33.2 Å². The highest BCUT2D eigenvalue weighted by molar-refractivity contribution is 7.12. The summed E-state index contributed by atoms with van der Waals surface area (Å²) in [5, 5.41) is 11.3. The zero-order valence-corrected chi connectivity index (χ0v) is 13.7. The summed E-state index contributed by atoms with van der Waals surface area (Å²) in [6.45, 7) is 3.93. The minimum atomic E-state index is -1.16. The standard InChI is InChI=1S/C16H17NO5S/c1-9-7-12(10(2)23-9)13(18)4-6-15(19)17-8-11-3-5-14(22-11)16(20)21/h3,5,7H,4,6,8H2,1-2H3,(H,17,19)(H,20,21). The van der Waals surface area contributed by atoms with E-state index in [1.54, 1.807) is 11.3 Å². The second-order valence-corrected chi connectivity index (χ2v) is 6.56. The molecule has 23 heavy (non-hydrogen) atoms. The Morgan fingerprint density at radius 3 is 2.52 bits per heavy atom. The fourth-order valence-corrected chi connectivity index (χ4v) is 3.07. The van der Waals surface area contributed by atoms with E-state index < -0.39 is 5.97 Å². The lowest BCUT2D eigenvalue weighted by molar-refractivity contribution is -0.121. The predicted octanol–water partition coefficient (Wildman–Crippen LogP) is 2.94.